The molecule has 7 heteroatoms. The molecular formula is C32H51FN2O4. The molecule has 2 fully saturated rings. The van der Waals surface area contributed by atoms with Crippen molar-refractivity contribution in [2.45, 2.75) is 71.6 Å². The molecule has 1 unspecified atom stereocenters. The fraction of sp³-hybridized carbons (Fsp3) is 0.500. The van der Waals surface area contributed by atoms with E-state index in [1.54, 1.807) is 6.07 Å². The van der Waals surface area contributed by atoms with Crippen molar-refractivity contribution in [3.63, 3.8) is 0 Å². The molecule has 6 nitrogen and oxygen atoms in total. The summed E-state index contributed by atoms with van der Waals surface area (Å²) in [6.45, 7) is 16.6. The van der Waals surface area contributed by atoms with Crippen LogP contribution in [0.5, 0.6) is 0 Å². The molecule has 0 spiro atoms. The zero-order valence-electron chi connectivity index (χ0n) is 24.8. The molecule has 2 aromatic rings. The summed E-state index contributed by atoms with van der Waals surface area (Å²) in [5, 5.41) is 2.75. The Hall–Kier alpha value is -3.19. The van der Waals surface area contributed by atoms with Gasteiger partial charge in [-0.2, -0.15) is 0 Å². The Bertz CT molecular complexity index is 817. The average molecular weight is 547 g/mol. The lowest BCUT2D eigenvalue weighted by Crippen LogP contribution is -2.31. The van der Waals surface area contributed by atoms with Gasteiger partial charge in [0.1, 0.15) is 33.0 Å². The van der Waals surface area contributed by atoms with Crippen molar-refractivity contribution in [1.82, 2.24) is 5.32 Å². The first-order valence-corrected chi connectivity index (χ1v) is 13.4. The molecule has 39 heavy (non-hydrogen) atoms. The molecule has 4 rings (SSSR count). The predicted octanol–water partition coefficient (Wildman–Crippen LogP) is 6.37. The number of carbonyl (C=O) groups excluding carboxylic acids is 4. The van der Waals surface area contributed by atoms with Gasteiger partial charge in [0.15, 0.2) is 0 Å². The quantitative estimate of drug-likeness (QED) is 0.469. The number of hydrogen-bond donors (Lipinski definition) is 1. The molecule has 1 saturated carbocycles. The van der Waals surface area contributed by atoms with Gasteiger partial charge in [0.25, 0.3) is 0 Å². The second kappa shape index (κ2) is 27.8. The number of piperidine rings is 1. The number of halogens is 1. The van der Waals surface area contributed by atoms with Crippen LogP contribution in [0.25, 0.3) is 0 Å². The maximum Gasteiger partial charge on any atom is 0.146 e. The maximum atomic E-state index is 14.4. The Morgan fingerprint density at radius 2 is 1.33 bits per heavy atom. The van der Waals surface area contributed by atoms with E-state index in [-0.39, 0.29) is 5.82 Å². The van der Waals surface area contributed by atoms with Crippen molar-refractivity contribution < 1.29 is 23.6 Å². The highest BCUT2D eigenvalue weighted by atomic mass is 19.1. The predicted molar refractivity (Wildman–Crippen MR) is 162 cm³/mol. The Labute approximate surface area is 236 Å². The smallest absolute Gasteiger partial charge is 0.146 e. The van der Waals surface area contributed by atoms with Crippen molar-refractivity contribution in [1.29, 1.82) is 0 Å². The Morgan fingerprint density at radius 3 is 1.74 bits per heavy atom. The summed E-state index contributed by atoms with van der Waals surface area (Å²) in [5.41, 5.74) is 4.95. The van der Waals surface area contributed by atoms with Crippen LogP contribution in [0.2, 0.25) is 0 Å². The van der Waals surface area contributed by atoms with Crippen molar-refractivity contribution in [3.8, 4) is 0 Å². The number of nitrogens with one attached hydrogen (secondary N) is 1. The van der Waals surface area contributed by atoms with Gasteiger partial charge < -0.3 is 29.4 Å². The van der Waals surface area contributed by atoms with Crippen LogP contribution in [0.1, 0.15) is 75.0 Å². The molecule has 1 aliphatic carbocycles. The van der Waals surface area contributed by atoms with Gasteiger partial charge in [0, 0.05) is 13.1 Å². The van der Waals surface area contributed by atoms with Gasteiger partial charge in [-0.15, -0.1) is 0 Å². The minimum absolute atomic E-state index is 0.0153. The van der Waals surface area contributed by atoms with Crippen LogP contribution in [-0.2, 0) is 25.6 Å². The third-order valence-electron chi connectivity index (χ3n) is 6.25. The van der Waals surface area contributed by atoms with Gasteiger partial charge in [-0.1, -0.05) is 55.8 Å². The van der Waals surface area contributed by atoms with Crippen LogP contribution >= 0.6 is 0 Å². The number of anilines is 1. The highest BCUT2D eigenvalue weighted by Gasteiger charge is 2.34. The van der Waals surface area contributed by atoms with Gasteiger partial charge in [-0.3, -0.25) is 0 Å². The van der Waals surface area contributed by atoms with Crippen LogP contribution < -0.4 is 10.2 Å². The lowest BCUT2D eigenvalue weighted by molar-refractivity contribution is -0.0987. The van der Waals surface area contributed by atoms with Gasteiger partial charge in [0.2, 0.25) is 0 Å². The van der Waals surface area contributed by atoms with Crippen molar-refractivity contribution >= 4 is 32.8 Å². The van der Waals surface area contributed by atoms with Crippen LogP contribution in [0, 0.1) is 18.7 Å². The summed E-state index contributed by atoms with van der Waals surface area (Å²) in [6, 6.07) is 14.3. The largest absolute Gasteiger partial charge is 0.369 e. The number of benzene rings is 2. The van der Waals surface area contributed by atoms with Gasteiger partial charge in [-0.05, 0) is 95.0 Å². The molecule has 2 aromatic carbocycles. The molecular weight excluding hydrogens is 495 g/mol. The highest BCUT2D eigenvalue weighted by Crippen LogP contribution is 2.47. The third kappa shape index (κ3) is 16.4. The molecule has 0 amide bonds. The minimum atomic E-state index is -0.0153. The maximum absolute atomic E-state index is 14.4. The summed E-state index contributed by atoms with van der Waals surface area (Å²) in [4.78, 5) is 34.3. The topological polar surface area (TPSA) is 83.5 Å². The third-order valence-corrected chi connectivity index (χ3v) is 6.25. The van der Waals surface area contributed by atoms with Crippen molar-refractivity contribution in [3.05, 3.63) is 65.0 Å². The molecule has 1 N–H and O–H groups in total. The van der Waals surface area contributed by atoms with Crippen molar-refractivity contribution in [2.75, 3.05) is 32.1 Å². The van der Waals surface area contributed by atoms with E-state index in [1.807, 2.05) is 47.3 Å². The van der Waals surface area contributed by atoms with Crippen LogP contribution in [-0.4, -0.2) is 54.3 Å². The summed E-state index contributed by atoms with van der Waals surface area (Å²) >= 11 is 0. The Morgan fingerprint density at radius 1 is 0.846 bits per heavy atom. The molecule has 2 aliphatic rings. The van der Waals surface area contributed by atoms with Gasteiger partial charge in [0.05, 0.1) is 5.69 Å². The van der Waals surface area contributed by atoms with E-state index in [0.29, 0.717) is 5.92 Å². The average Bonchev–Trinajstić information content (AvgIpc) is 3.85. The monoisotopic (exact) mass is 546 g/mol. The van der Waals surface area contributed by atoms with Gasteiger partial charge in [-0.25, -0.2) is 4.39 Å². The van der Waals surface area contributed by atoms with E-state index in [0.717, 1.165) is 37.5 Å². The second-order valence-corrected chi connectivity index (χ2v) is 8.92. The molecule has 0 aromatic heterocycles. The summed E-state index contributed by atoms with van der Waals surface area (Å²) in [6.07, 6.45) is 8.63. The zero-order valence-corrected chi connectivity index (χ0v) is 24.8. The first kappa shape index (κ1) is 40.3. The van der Waals surface area contributed by atoms with Crippen LogP contribution in [0.15, 0.2) is 42.5 Å². The minimum Gasteiger partial charge on any atom is -0.369 e. The van der Waals surface area contributed by atoms with Crippen LogP contribution in [0.4, 0.5) is 10.1 Å². The molecule has 1 aliphatic heterocycles. The zero-order chi connectivity index (χ0) is 30.6. The lowest BCUT2D eigenvalue weighted by atomic mass is 9.89. The Balaban J connectivity index is -0.000000545. The van der Waals surface area contributed by atoms with E-state index in [2.05, 4.69) is 61.3 Å². The SMILES string of the molecule is C=O.C=O.C=O.C=O.CCC(c1cccc(F)c1N1CCCCC1)C1CC1.CCc1ccc(C)cc1.CNC. The van der Waals surface area contributed by atoms with E-state index in [1.165, 1.54) is 48.8 Å². The molecule has 1 atom stereocenters. The normalized spacial score (nSPS) is 13.5. The van der Waals surface area contributed by atoms with E-state index >= 15 is 0 Å². The fourth-order valence-corrected chi connectivity index (χ4v) is 4.41. The fourth-order valence-electron chi connectivity index (χ4n) is 4.41. The van der Waals surface area contributed by atoms with E-state index in [4.69, 9.17) is 19.2 Å². The molecule has 1 saturated heterocycles. The first-order chi connectivity index (χ1) is 19.0. The number of nitrogens with zero attached hydrogens (tertiary/aromatic N) is 1. The molecule has 220 valence electrons. The number of para-hydroxylation sites is 1. The second-order valence-electron chi connectivity index (χ2n) is 8.92. The van der Waals surface area contributed by atoms with Crippen molar-refractivity contribution in [2.24, 2.45) is 5.92 Å². The van der Waals surface area contributed by atoms with Gasteiger partial charge >= 0.3 is 0 Å². The Kier molecular flexibility index (Phi) is 28.8. The number of rotatable bonds is 5. The number of carbonyl (C=O) groups is 4. The highest BCUT2D eigenvalue weighted by molar-refractivity contribution is 5.57. The van der Waals surface area contributed by atoms with E-state index in [9.17, 15) is 4.39 Å². The lowest BCUT2D eigenvalue weighted by Gasteiger charge is -2.32. The summed E-state index contributed by atoms with van der Waals surface area (Å²) < 4.78 is 14.4. The molecule has 1 heterocycles. The number of aryl methyl sites for hydroxylation is 2. The van der Waals surface area contributed by atoms with Crippen LogP contribution in [0.3, 0.4) is 0 Å². The summed E-state index contributed by atoms with van der Waals surface area (Å²) in [5.74, 6) is 1.35. The first-order valence-electron chi connectivity index (χ1n) is 13.4. The molecule has 0 bridgehead atoms. The summed E-state index contributed by atoms with van der Waals surface area (Å²) in [7, 11) is 3.75. The number of hydrogen-bond acceptors (Lipinski definition) is 6. The van der Waals surface area contributed by atoms with E-state index < -0.39 is 0 Å². The molecule has 0 radical (unpaired) electrons. The standard InChI is InChI=1S/C17H24FN.C9H12.C2H7N.4CH2O/c1-2-14(13-9-10-13)15-7-6-8-16(18)17(15)19-11-4-3-5-12-19;1-3-9-6-4-8(2)5-7-9;1-3-2;4*1-2/h6-8,13-14H,2-5,9-12H2,1H3;4-7H,3H2,1-2H3;3H,1-2H3;4*1H2.